The third kappa shape index (κ3) is 6.67. The lowest BCUT2D eigenvalue weighted by molar-refractivity contribution is 0.0796. The molecule has 0 saturated heterocycles. The van der Waals surface area contributed by atoms with Crippen molar-refractivity contribution in [3.63, 3.8) is 0 Å². The molecule has 114 valence electrons. The first kappa shape index (κ1) is 17.4. The first-order valence-corrected chi connectivity index (χ1v) is 8.40. The van der Waals surface area contributed by atoms with Gasteiger partial charge in [0.2, 0.25) is 0 Å². The predicted molar refractivity (Wildman–Crippen MR) is 88.6 cm³/mol. The van der Waals surface area contributed by atoms with E-state index in [0.29, 0.717) is 23.7 Å². The zero-order valence-electron chi connectivity index (χ0n) is 13.4. The molecule has 0 aliphatic carbocycles. The maximum Gasteiger partial charge on any atom is 0.118 e. The fraction of sp³-hybridized carbons (Fsp3) is 0.647. The summed E-state index contributed by atoms with van der Waals surface area (Å²) in [4.78, 5) is 0. The van der Waals surface area contributed by atoms with Gasteiger partial charge in [0, 0.05) is 0 Å². The minimum Gasteiger partial charge on any atom is -0.497 e. The van der Waals surface area contributed by atoms with Gasteiger partial charge < -0.3 is 9.47 Å². The highest BCUT2D eigenvalue weighted by molar-refractivity contribution is 7.99. The van der Waals surface area contributed by atoms with Gasteiger partial charge in [-0.3, -0.25) is 0 Å². The summed E-state index contributed by atoms with van der Waals surface area (Å²) in [6.07, 6.45) is 0. The minimum absolute atomic E-state index is 0.626. The molecule has 1 aromatic carbocycles. The quantitative estimate of drug-likeness (QED) is 0.662. The molecule has 2 nitrogen and oxygen atoms in total. The number of methoxy groups -OCH3 is 1. The lowest BCUT2D eigenvalue weighted by atomic mass is 9.99. The summed E-state index contributed by atoms with van der Waals surface area (Å²) in [6, 6.07) is 8.08. The zero-order chi connectivity index (χ0) is 15.0. The second-order valence-corrected chi connectivity index (χ2v) is 7.36. The summed E-state index contributed by atoms with van der Waals surface area (Å²) in [5.74, 6) is 3.36. The molecule has 0 aliphatic rings. The molecule has 1 rings (SSSR count). The molecule has 0 aromatic heterocycles. The fourth-order valence-corrected chi connectivity index (χ4v) is 2.91. The fourth-order valence-electron chi connectivity index (χ4n) is 1.80. The average molecular weight is 296 g/mol. The van der Waals surface area contributed by atoms with Crippen molar-refractivity contribution in [1.29, 1.82) is 0 Å². The van der Waals surface area contributed by atoms with Gasteiger partial charge in [0.1, 0.15) is 5.75 Å². The first-order chi connectivity index (χ1) is 9.52. The average Bonchev–Trinajstić information content (AvgIpc) is 2.42. The summed E-state index contributed by atoms with van der Waals surface area (Å²) >= 11 is 2.02. The van der Waals surface area contributed by atoms with Gasteiger partial charge in [-0.1, -0.05) is 39.8 Å². The smallest absolute Gasteiger partial charge is 0.118 e. The molecule has 0 heterocycles. The third-order valence-electron chi connectivity index (χ3n) is 3.35. The second kappa shape index (κ2) is 9.30. The number of hydrogen-bond acceptors (Lipinski definition) is 3. The molecule has 0 spiro atoms. The molecular weight excluding hydrogens is 268 g/mol. The van der Waals surface area contributed by atoms with Gasteiger partial charge in [-0.2, -0.15) is 11.8 Å². The normalized spacial score (nSPS) is 12.9. The van der Waals surface area contributed by atoms with E-state index in [0.717, 1.165) is 12.4 Å². The highest BCUT2D eigenvalue weighted by Gasteiger charge is 2.14. The highest BCUT2D eigenvalue weighted by Crippen LogP contribution is 2.21. The number of hydrogen-bond donors (Lipinski definition) is 0. The van der Waals surface area contributed by atoms with Crippen LogP contribution < -0.4 is 4.74 Å². The molecule has 3 heteroatoms. The topological polar surface area (TPSA) is 18.5 Å². The van der Waals surface area contributed by atoms with E-state index in [-0.39, 0.29) is 0 Å². The lowest BCUT2D eigenvalue weighted by Gasteiger charge is -2.21. The monoisotopic (exact) mass is 296 g/mol. The second-order valence-electron chi connectivity index (χ2n) is 5.75. The number of rotatable bonds is 9. The van der Waals surface area contributed by atoms with Crippen LogP contribution in [0.25, 0.3) is 0 Å². The van der Waals surface area contributed by atoms with Crippen molar-refractivity contribution in [2.24, 2.45) is 11.8 Å². The van der Waals surface area contributed by atoms with E-state index in [9.17, 15) is 0 Å². The molecule has 0 radical (unpaired) electrons. The Morgan fingerprint density at radius 2 is 1.70 bits per heavy atom. The SMILES string of the molecule is COc1ccc(COCC(CSC(C)C)C(C)C)cc1. The van der Waals surface area contributed by atoms with Crippen LogP contribution in [0.15, 0.2) is 24.3 Å². The van der Waals surface area contributed by atoms with Gasteiger partial charge in [0.15, 0.2) is 0 Å². The lowest BCUT2D eigenvalue weighted by Crippen LogP contribution is -2.19. The summed E-state index contributed by atoms with van der Waals surface area (Å²) < 4.78 is 11.0. The van der Waals surface area contributed by atoms with Crippen LogP contribution in [0.4, 0.5) is 0 Å². The van der Waals surface area contributed by atoms with Crippen LogP contribution in [0, 0.1) is 11.8 Å². The van der Waals surface area contributed by atoms with Gasteiger partial charge in [-0.15, -0.1) is 0 Å². The van der Waals surface area contributed by atoms with Crippen LogP contribution in [0.3, 0.4) is 0 Å². The molecule has 1 aromatic rings. The Labute approximate surface area is 128 Å². The number of thioether (sulfide) groups is 1. The molecule has 1 unspecified atom stereocenters. The summed E-state index contributed by atoms with van der Waals surface area (Å²) in [5.41, 5.74) is 1.20. The predicted octanol–water partition coefficient (Wildman–Crippen LogP) is 4.63. The van der Waals surface area contributed by atoms with Crippen molar-refractivity contribution < 1.29 is 9.47 Å². The van der Waals surface area contributed by atoms with Crippen molar-refractivity contribution in [2.75, 3.05) is 19.5 Å². The van der Waals surface area contributed by atoms with Crippen LogP contribution >= 0.6 is 11.8 Å². The first-order valence-electron chi connectivity index (χ1n) is 7.35. The highest BCUT2D eigenvalue weighted by atomic mass is 32.2. The Kier molecular flexibility index (Phi) is 8.08. The van der Waals surface area contributed by atoms with Gasteiger partial charge in [-0.05, 0) is 40.5 Å². The van der Waals surface area contributed by atoms with Crippen LogP contribution in [0.5, 0.6) is 5.75 Å². The Bertz CT molecular complexity index is 360. The summed E-state index contributed by atoms with van der Waals surface area (Å²) in [7, 11) is 1.69. The molecule has 20 heavy (non-hydrogen) atoms. The minimum atomic E-state index is 0.626. The Morgan fingerprint density at radius 1 is 1.05 bits per heavy atom. The van der Waals surface area contributed by atoms with Gasteiger partial charge in [0.25, 0.3) is 0 Å². The number of benzene rings is 1. The van der Waals surface area contributed by atoms with E-state index in [1.165, 1.54) is 11.3 Å². The maximum absolute atomic E-state index is 5.89. The maximum atomic E-state index is 5.89. The summed E-state index contributed by atoms with van der Waals surface area (Å²) in [5, 5.41) is 0.692. The van der Waals surface area contributed by atoms with E-state index in [2.05, 4.69) is 39.8 Å². The van der Waals surface area contributed by atoms with Crippen molar-refractivity contribution in [3.8, 4) is 5.75 Å². The molecule has 0 fully saturated rings. The molecule has 0 bridgehead atoms. The van der Waals surface area contributed by atoms with Gasteiger partial charge in [0.05, 0.1) is 20.3 Å². The molecule has 0 aliphatic heterocycles. The Morgan fingerprint density at radius 3 is 2.20 bits per heavy atom. The molecule has 0 saturated carbocycles. The largest absolute Gasteiger partial charge is 0.497 e. The Hall–Kier alpha value is -0.670. The Balaban J connectivity index is 2.35. The van der Waals surface area contributed by atoms with Crippen LogP contribution in [0.1, 0.15) is 33.3 Å². The van der Waals surface area contributed by atoms with Crippen molar-refractivity contribution in [3.05, 3.63) is 29.8 Å². The van der Waals surface area contributed by atoms with Crippen LogP contribution in [-0.2, 0) is 11.3 Å². The van der Waals surface area contributed by atoms with E-state index < -0.39 is 0 Å². The van der Waals surface area contributed by atoms with E-state index in [1.807, 2.05) is 23.9 Å². The summed E-state index contributed by atoms with van der Waals surface area (Å²) in [6.45, 7) is 10.6. The van der Waals surface area contributed by atoms with Crippen molar-refractivity contribution in [1.82, 2.24) is 0 Å². The van der Waals surface area contributed by atoms with Gasteiger partial charge in [-0.25, -0.2) is 0 Å². The van der Waals surface area contributed by atoms with E-state index >= 15 is 0 Å². The molecule has 0 N–H and O–H groups in total. The van der Waals surface area contributed by atoms with Gasteiger partial charge >= 0.3 is 0 Å². The molecule has 1 atom stereocenters. The van der Waals surface area contributed by atoms with E-state index in [4.69, 9.17) is 9.47 Å². The molecule has 0 amide bonds. The standard InChI is InChI=1S/C17H28O2S/c1-13(2)16(12-20-14(3)4)11-19-10-15-6-8-17(18-5)9-7-15/h6-9,13-14,16H,10-12H2,1-5H3. The number of ether oxygens (including phenoxy) is 2. The van der Waals surface area contributed by atoms with Crippen LogP contribution in [0.2, 0.25) is 0 Å². The van der Waals surface area contributed by atoms with Crippen molar-refractivity contribution >= 4 is 11.8 Å². The van der Waals surface area contributed by atoms with E-state index in [1.54, 1.807) is 7.11 Å². The van der Waals surface area contributed by atoms with Crippen LogP contribution in [-0.4, -0.2) is 24.7 Å². The third-order valence-corrected chi connectivity index (χ3v) is 4.63. The zero-order valence-corrected chi connectivity index (χ0v) is 14.2. The van der Waals surface area contributed by atoms with Crippen molar-refractivity contribution in [2.45, 2.75) is 39.6 Å². The molecular formula is C17H28O2S.